The maximum atomic E-state index is 13.8. The van der Waals surface area contributed by atoms with Crippen molar-refractivity contribution in [1.82, 2.24) is 5.32 Å². The fourth-order valence-electron chi connectivity index (χ4n) is 4.05. The Bertz CT molecular complexity index is 1320. The Hall–Kier alpha value is -4.25. The minimum atomic E-state index is -0.346. The van der Waals surface area contributed by atoms with Crippen LogP contribution >= 0.6 is 0 Å². The average Bonchev–Trinajstić information content (AvgIpc) is 2.88. The van der Waals surface area contributed by atoms with Gasteiger partial charge >= 0.3 is 0 Å². The van der Waals surface area contributed by atoms with E-state index >= 15 is 0 Å². The van der Waals surface area contributed by atoms with Crippen molar-refractivity contribution in [2.75, 3.05) is 4.90 Å². The Kier molecular flexibility index (Phi) is 7.91. The lowest BCUT2D eigenvalue weighted by Crippen LogP contribution is -2.30. The lowest BCUT2D eigenvalue weighted by Gasteiger charge is -2.24. The van der Waals surface area contributed by atoms with Gasteiger partial charge in [0.2, 0.25) is 5.91 Å². The molecule has 2 amide bonds. The second-order valence-electron chi connectivity index (χ2n) is 8.93. The van der Waals surface area contributed by atoms with Crippen molar-refractivity contribution in [2.45, 2.75) is 32.9 Å². The second-order valence-corrected chi connectivity index (χ2v) is 8.93. The first-order chi connectivity index (χ1) is 17.4. The summed E-state index contributed by atoms with van der Waals surface area (Å²) in [5.74, 6) is -0.603. The maximum absolute atomic E-state index is 13.8. The molecule has 4 nitrogen and oxygen atoms in total. The number of carbonyl (C=O) groups is 2. The fraction of sp³-hybridized carbons (Fsp3) is 0.161. The summed E-state index contributed by atoms with van der Waals surface area (Å²) >= 11 is 0. The molecule has 1 unspecified atom stereocenters. The van der Waals surface area contributed by atoms with Gasteiger partial charge in [0.05, 0.1) is 19.0 Å². The zero-order chi connectivity index (χ0) is 25.5. The molecular weight excluding hydrogens is 451 g/mol. The fourth-order valence-corrected chi connectivity index (χ4v) is 4.05. The van der Waals surface area contributed by atoms with Crippen LogP contribution in [0.2, 0.25) is 0 Å². The van der Waals surface area contributed by atoms with Gasteiger partial charge in [-0.15, -0.1) is 0 Å². The van der Waals surface area contributed by atoms with Crippen molar-refractivity contribution in [2.24, 2.45) is 0 Å². The van der Waals surface area contributed by atoms with Gasteiger partial charge in [-0.25, -0.2) is 4.39 Å². The third kappa shape index (κ3) is 6.45. The van der Waals surface area contributed by atoms with Crippen LogP contribution in [0.5, 0.6) is 0 Å². The highest BCUT2D eigenvalue weighted by molar-refractivity contribution is 6.06. The van der Waals surface area contributed by atoms with E-state index in [2.05, 4.69) is 5.32 Å². The Morgan fingerprint density at radius 3 is 2.19 bits per heavy atom. The molecule has 0 aromatic heterocycles. The molecule has 0 radical (unpaired) electrons. The zero-order valence-electron chi connectivity index (χ0n) is 20.4. The number of anilines is 1. The van der Waals surface area contributed by atoms with Crippen LogP contribution in [0.25, 0.3) is 0 Å². The van der Waals surface area contributed by atoms with Gasteiger partial charge in [0, 0.05) is 11.3 Å². The first kappa shape index (κ1) is 24.9. The summed E-state index contributed by atoms with van der Waals surface area (Å²) in [6, 6.07) is 30.7. The SMILES string of the molecule is Cc1ccc(C(=O)N(Cc2cccc(F)c2)c2ccc(CC(=O)NC(C)c3ccccc3)cc2)cc1. The zero-order valence-corrected chi connectivity index (χ0v) is 20.4. The number of hydrogen-bond donors (Lipinski definition) is 1. The van der Waals surface area contributed by atoms with E-state index in [1.807, 2.05) is 80.6 Å². The topological polar surface area (TPSA) is 49.4 Å². The van der Waals surface area contributed by atoms with Gasteiger partial charge in [-0.2, -0.15) is 0 Å². The molecule has 4 aromatic carbocycles. The number of carbonyl (C=O) groups excluding carboxylic acids is 2. The van der Waals surface area contributed by atoms with E-state index in [1.54, 1.807) is 29.2 Å². The van der Waals surface area contributed by atoms with Crippen molar-refractivity contribution >= 4 is 17.5 Å². The Morgan fingerprint density at radius 2 is 1.53 bits per heavy atom. The molecule has 0 bridgehead atoms. The van der Waals surface area contributed by atoms with Gasteiger partial charge in [-0.1, -0.05) is 72.3 Å². The van der Waals surface area contributed by atoms with E-state index in [4.69, 9.17) is 0 Å². The van der Waals surface area contributed by atoms with Crippen molar-refractivity contribution < 1.29 is 14.0 Å². The van der Waals surface area contributed by atoms with Gasteiger partial charge in [0.25, 0.3) is 5.91 Å². The van der Waals surface area contributed by atoms with E-state index in [0.29, 0.717) is 16.8 Å². The molecule has 4 rings (SSSR count). The molecule has 182 valence electrons. The Morgan fingerprint density at radius 1 is 0.833 bits per heavy atom. The number of aryl methyl sites for hydroxylation is 1. The van der Waals surface area contributed by atoms with Crippen molar-refractivity contribution in [3.8, 4) is 0 Å². The van der Waals surface area contributed by atoms with Gasteiger partial charge < -0.3 is 10.2 Å². The molecule has 0 saturated carbocycles. The number of amides is 2. The first-order valence-electron chi connectivity index (χ1n) is 12.0. The second kappa shape index (κ2) is 11.5. The molecular formula is C31H29FN2O2. The molecule has 4 aromatic rings. The average molecular weight is 481 g/mol. The number of rotatable bonds is 8. The van der Waals surface area contributed by atoms with Gasteiger partial charge in [-0.3, -0.25) is 9.59 Å². The van der Waals surface area contributed by atoms with Crippen molar-refractivity contribution in [1.29, 1.82) is 0 Å². The predicted molar refractivity (Wildman–Crippen MR) is 141 cm³/mol. The monoisotopic (exact) mass is 480 g/mol. The van der Waals surface area contributed by atoms with E-state index in [-0.39, 0.29) is 36.6 Å². The summed E-state index contributed by atoms with van der Waals surface area (Å²) in [6.07, 6.45) is 0.229. The predicted octanol–water partition coefficient (Wildman–Crippen LogP) is 6.40. The van der Waals surface area contributed by atoms with Crippen LogP contribution in [-0.2, 0) is 17.8 Å². The summed E-state index contributed by atoms with van der Waals surface area (Å²) in [5.41, 5.74) is 4.86. The number of halogens is 1. The number of nitrogens with one attached hydrogen (secondary N) is 1. The lowest BCUT2D eigenvalue weighted by atomic mass is 10.1. The van der Waals surface area contributed by atoms with Gasteiger partial charge in [0.15, 0.2) is 0 Å². The number of nitrogens with zero attached hydrogens (tertiary/aromatic N) is 1. The quantitative estimate of drug-likeness (QED) is 0.317. The highest BCUT2D eigenvalue weighted by atomic mass is 19.1. The third-order valence-corrected chi connectivity index (χ3v) is 6.06. The lowest BCUT2D eigenvalue weighted by molar-refractivity contribution is -0.121. The van der Waals surface area contributed by atoms with Crippen molar-refractivity contribution in [3.63, 3.8) is 0 Å². The van der Waals surface area contributed by atoms with Crippen LogP contribution in [0.1, 0.15) is 45.6 Å². The van der Waals surface area contributed by atoms with Crippen molar-refractivity contribution in [3.05, 3.63) is 137 Å². The van der Waals surface area contributed by atoms with E-state index in [9.17, 15) is 14.0 Å². The maximum Gasteiger partial charge on any atom is 0.258 e. The first-order valence-corrected chi connectivity index (χ1v) is 12.0. The molecule has 0 aliphatic heterocycles. The van der Waals surface area contributed by atoms with E-state index in [0.717, 1.165) is 16.7 Å². The molecule has 36 heavy (non-hydrogen) atoms. The Balaban J connectivity index is 1.51. The molecule has 1 atom stereocenters. The highest BCUT2D eigenvalue weighted by Gasteiger charge is 2.19. The summed E-state index contributed by atoms with van der Waals surface area (Å²) < 4.78 is 13.8. The molecule has 0 aliphatic rings. The van der Waals surface area contributed by atoms with E-state index in [1.165, 1.54) is 12.1 Å². The van der Waals surface area contributed by atoms with E-state index < -0.39 is 0 Å². The third-order valence-electron chi connectivity index (χ3n) is 6.06. The highest BCUT2D eigenvalue weighted by Crippen LogP contribution is 2.22. The number of benzene rings is 4. The smallest absolute Gasteiger partial charge is 0.258 e. The molecule has 0 fully saturated rings. The van der Waals surface area contributed by atoms with Crippen LogP contribution in [0.3, 0.4) is 0 Å². The minimum Gasteiger partial charge on any atom is -0.349 e. The molecule has 0 aliphatic carbocycles. The van der Waals surface area contributed by atoms with Crippen LogP contribution in [-0.4, -0.2) is 11.8 Å². The summed E-state index contributed by atoms with van der Waals surface area (Å²) in [7, 11) is 0. The molecule has 0 saturated heterocycles. The standard InChI is InChI=1S/C31H29FN2O2/c1-22-11-15-27(16-12-22)31(36)34(21-25-7-6-10-28(32)19-25)29-17-13-24(14-18-29)20-30(35)33-23(2)26-8-4-3-5-9-26/h3-19,23H,20-21H2,1-2H3,(H,33,35). The summed E-state index contributed by atoms with van der Waals surface area (Å²) in [4.78, 5) is 27.7. The van der Waals surface area contributed by atoms with Gasteiger partial charge in [0.1, 0.15) is 5.82 Å². The molecule has 0 spiro atoms. The van der Waals surface area contributed by atoms with Crippen LogP contribution in [0, 0.1) is 12.7 Å². The molecule has 1 N–H and O–H groups in total. The largest absolute Gasteiger partial charge is 0.349 e. The van der Waals surface area contributed by atoms with Crippen LogP contribution in [0.4, 0.5) is 10.1 Å². The minimum absolute atomic E-state index is 0.0774. The number of hydrogen-bond acceptors (Lipinski definition) is 2. The summed E-state index contributed by atoms with van der Waals surface area (Å²) in [5, 5.41) is 3.03. The molecule has 0 heterocycles. The van der Waals surface area contributed by atoms with Gasteiger partial charge in [-0.05, 0) is 66.9 Å². The summed E-state index contributed by atoms with van der Waals surface area (Å²) in [6.45, 7) is 4.14. The molecule has 5 heteroatoms. The van der Waals surface area contributed by atoms with Crippen LogP contribution in [0.15, 0.2) is 103 Å². The Labute approximate surface area is 211 Å². The normalized spacial score (nSPS) is 11.5. The van der Waals surface area contributed by atoms with Crippen LogP contribution < -0.4 is 10.2 Å².